The first kappa shape index (κ1) is 9.00. The van der Waals surface area contributed by atoms with Crippen LogP contribution in [0, 0.1) is 6.92 Å². The third kappa shape index (κ3) is 2.20. The summed E-state index contributed by atoms with van der Waals surface area (Å²) in [5, 5.41) is 0.520. The summed E-state index contributed by atoms with van der Waals surface area (Å²) < 4.78 is 16.0. The van der Waals surface area contributed by atoms with Crippen molar-refractivity contribution in [3.63, 3.8) is 0 Å². The molecule has 0 unspecified atom stereocenters. The van der Waals surface area contributed by atoms with E-state index in [1.165, 1.54) is 12.1 Å². The molecule has 0 amide bonds. The predicted octanol–water partition coefficient (Wildman–Crippen LogP) is 3.12. The van der Waals surface area contributed by atoms with Gasteiger partial charge in [-0.15, -0.1) is 4.39 Å². The van der Waals surface area contributed by atoms with Crippen molar-refractivity contribution in [2.45, 2.75) is 6.92 Å². The van der Waals surface area contributed by atoms with E-state index < -0.39 is 6.22 Å². The summed E-state index contributed by atoms with van der Waals surface area (Å²) in [5.74, 6) is 0.187. The Labute approximate surface area is 73.9 Å². The molecule has 1 aromatic rings. The molecule has 12 heavy (non-hydrogen) atoms. The Balaban J connectivity index is 2.93. The van der Waals surface area contributed by atoms with Crippen molar-refractivity contribution in [1.29, 1.82) is 0 Å². The summed E-state index contributed by atoms with van der Waals surface area (Å²) in [6, 6.07) is 4.54. The van der Waals surface area contributed by atoms with E-state index in [4.69, 9.17) is 11.6 Å². The van der Waals surface area contributed by atoms with Crippen LogP contribution in [0.3, 0.4) is 0 Å². The maximum Gasteiger partial charge on any atom is 0.500 e. The molecule has 0 spiro atoms. The average Bonchev–Trinajstić information content (AvgIpc) is 1.94. The normalized spacial score (nSPS) is 9.58. The molecule has 0 saturated heterocycles. The van der Waals surface area contributed by atoms with Crippen LogP contribution in [0.25, 0.3) is 0 Å². The second-order valence-electron chi connectivity index (χ2n) is 2.25. The number of rotatable bonds is 1. The summed E-state index contributed by atoms with van der Waals surface area (Å²) in [6.45, 7) is 1.67. The van der Waals surface area contributed by atoms with Gasteiger partial charge in [-0.05, 0) is 30.7 Å². The number of aryl methyl sites for hydroxylation is 1. The van der Waals surface area contributed by atoms with Crippen LogP contribution in [0.1, 0.15) is 5.56 Å². The van der Waals surface area contributed by atoms with Crippen molar-refractivity contribution >= 4 is 17.8 Å². The number of carbonyl (C=O) groups is 1. The first-order chi connectivity index (χ1) is 5.59. The van der Waals surface area contributed by atoms with Crippen molar-refractivity contribution in [3.05, 3.63) is 28.8 Å². The summed E-state index contributed by atoms with van der Waals surface area (Å²) in [4.78, 5) is 9.93. The molecule has 0 bridgehead atoms. The zero-order valence-electron chi connectivity index (χ0n) is 6.30. The molecule has 1 rings (SSSR count). The van der Waals surface area contributed by atoms with Crippen LogP contribution in [0.2, 0.25) is 5.02 Å². The van der Waals surface area contributed by atoms with Crippen molar-refractivity contribution in [1.82, 2.24) is 0 Å². The van der Waals surface area contributed by atoms with Crippen LogP contribution in [0.5, 0.6) is 5.75 Å². The molecule has 0 aliphatic rings. The fourth-order valence-corrected chi connectivity index (χ4v) is 1.04. The third-order valence-electron chi connectivity index (χ3n) is 1.33. The maximum absolute atomic E-state index is 11.8. The molecule has 0 aliphatic carbocycles. The Hall–Kier alpha value is -1.09. The minimum absolute atomic E-state index is 0.187. The topological polar surface area (TPSA) is 26.3 Å². The highest BCUT2D eigenvalue weighted by Gasteiger charge is 2.04. The van der Waals surface area contributed by atoms with Crippen molar-refractivity contribution in [3.8, 4) is 5.75 Å². The quantitative estimate of drug-likeness (QED) is 0.633. The molecule has 0 aromatic heterocycles. The van der Waals surface area contributed by atoms with E-state index in [1.807, 2.05) is 0 Å². The molecular formula is C8H6ClFO2. The number of hydrogen-bond acceptors (Lipinski definition) is 2. The van der Waals surface area contributed by atoms with Gasteiger partial charge < -0.3 is 4.74 Å². The molecule has 0 aliphatic heterocycles. The van der Waals surface area contributed by atoms with E-state index in [0.717, 1.165) is 0 Å². The number of halogens is 2. The molecular weight excluding hydrogens is 183 g/mol. The highest BCUT2D eigenvalue weighted by Crippen LogP contribution is 2.21. The third-order valence-corrected chi connectivity index (χ3v) is 1.56. The van der Waals surface area contributed by atoms with E-state index in [1.54, 1.807) is 13.0 Å². The second-order valence-corrected chi connectivity index (χ2v) is 2.69. The maximum atomic E-state index is 11.8. The zero-order valence-corrected chi connectivity index (χ0v) is 7.06. The molecule has 1 aromatic carbocycles. The Bertz CT molecular complexity index is 312. The Morgan fingerprint density at radius 3 is 2.75 bits per heavy atom. The molecule has 2 nitrogen and oxygen atoms in total. The van der Waals surface area contributed by atoms with Gasteiger partial charge >= 0.3 is 6.22 Å². The molecule has 0 N–H and O–H groups in total. The minimum Gasteiger partial charge on any atom is -0.401 e. The molecule has 0 saturated carbocycles. The SMILES string of the molecule is Cc1cc(Cl)ccc1OC(=O)F. The average molecular weight is 189 g/mol. The monoisotopic (exact) mass is 188 g/mol. The Morgan fingerprint density at radius 1 is 1.58 bits per heavy atom. The molecule has 64 valence electrons. The lowest BCUT2D eigenvalue weighted by molar-refractivity contribution is 0.175. The lowest BCUT2D eigenvalue weighted by Gasteiger charge is -2.02. The van der Waals surface area contributed by atoms with E-state index >= 15 is 0 Å². The number of ether oxygens (including phenoxy) is 1. The summed E-state index contributed by atoms with van der Waals surface area (Å²) in [7, 11) is 0. The van der Waals surface area contributed by atoms with Crippen molar-refractivity contribution in [2.24, 2.45) is 0 Å². The van der Waals surface area contributed by atoms with Crippen LogP contribution in [-0.4, -0.2) is 6.22 Å². The lowest BCUT2D eigenvalue weighted by atomic mass is 10.2. The summed E-state index contributed by atoms with van der Waals surface area (Å²) >= 11 is 5.62. The Kier molecular flexibility index (Phi) is 2.65. The summed E-state index contributed by atoms with van der Waals surface area (Å²) in [6.07, 6.45) is -1.82. The minimum atomic E-state index is -1.82. The zero-order chi connectivity index (χ0) is 9.14. The Morgan fingerprint density at radius 2 is 2.25 bits per heavy atom. The van der Waals surface area contributed by atoms with Gasteiger partial charge in [-0.2, -0.15) is 0 Å². The van der Waals surface area contributed by atoms with Gasteiger partial charge in [-0.1, -0.05) is 11.6 Å². The number of carbonyl (C=O) groups excluding carboxylic acids is 1. The van der Waals surface area contributed by atoms with Crippen LogP contribution in [-0.2, 0) is 0 Å². The van der Waals surface area contributed by atoms with Gasteiger partial charge in [0.2, 0.25) is 0 Å². The number of hydrogen-bond donors (Lipinski definition) is 0. The highest BCUT2D eigenvalue weighted by atomic mass is 35.5. The van der Waals surface area contributed by atoms with Crippen LogP contribution >= 0.6 is 11.6 Å². The molecule has 0 atom stereocenters. The molecule has 0 radical (unpaired) electrons. The smallest absolute Gasteiger partial charge is 0.401 e. The van der Waals surface area contributed by atoms with Gasteiger partial charge in [-0.3, -0.25) is 0 Å². The first-order valence-corrected chi connectivity index (χ1v) is 3.61. The van der Waals surface area contributed by atoms with Crippen LogP contribution in [0.15, 0.2) is 18.2 Å². The summed E-state index contributed by atoms with van der Waals surface area (Å²) in [5.41, 5.74) is 0.619. The van der Waals surface area contributed by atoms with Gasteiger partial charge in [0.05, 0.1) is 0 Å². The van der Waals surface area contributed by atoms with E-state index in [-0.39, 0.29) is 5.75 Å². The predicted molar refractivity (Wildman–Crippen MR) is 43.3 cm³/mol. The van der Waals surface area contributed by atoms with Gasteiger partial charge in [-0.25, -0.2) is 4.79 Å². The molecule has 0 fully saturated rings. The van der Waals surface area contributed by atoms with Gasteiger partial charge in [0.15, 0.2) is 0 Å². The largest absolute Gasteiger partial charge is 0.500 e. The van der Waals surface area contributed by atoms with Crippen LogP contribution < -0.4 is 4.74 Å². The highest BCUT2D eigenvalue weighted by molar-refractivity contribution is 6.30. The van der Waals surface area contributed by atoms with Crippen LogP contribution in [0.4, 0.5) is 9.18 Å². The lowest BCUT2D eigenvalue weighted by Crippen LogP contribution is -1.98. The fourth-order valence-electron chi connectivity index (χ4n) is 0.814. The van der Waals surface area contributed by atoms with Gasteiger partial charge in [0, 0.05) is 5.02 Å². The van der Waals surface area contributed by atoms with Crippen molar-refractivity contribution < 1.29 is 13.9 Å². The molecule has 4 heteroatoms. The van der Waals surface area contributed by atoms with Gasteiger partial charge in [0.25, 0.3) is 0 Å². The first-order valence-electron chi connectivity index (χ1n) is 3.23. The fraction of sp³-hybridized carbons (Fsp3) is 0.125. The second kappa shape index (κ2) is 3.54. The van der Waals surface area contributed by atoms with E-state index in [9.17, 15) is 9.18 Å². The van der Waals surface area contributed by atoms with Crippen molar-refractivity contribution in [2.75, 3.05) is 0 Å². The van der Waals surface area contributed by atoms with E-state index in [2.05, 4.69) is 4.74 Å². The van der Waals surface area contributed by atoms with E-state index in [0.29, 0.717) is 10.6 Å². The van der Waals surface area contributed by atoms with Gasteiger partial charge in [0.1, 0.15) is 5.75 Å². The molecule has 0 heterocycles. The number of benzene rings is 1. The standard InChI is InChI=1S/C8H6ClFO2/c1-5-4-6(9)2-3-7(5)12-8(10)11/h2-4H,1H3.